The Balaban J connectivity index is 0.00000294. The monoisotopic (exact) mass is 524 g/mol. The molecular formula is C31H29ClN4O2. The van der Waals surface area contributed by atoms with Gasteiger partial charge in [-0.15, -0.1) is 12.4 Å². The van der Waals surface area contributed by atoms with Gasteiger partial charge in [-0.05, 0) is 42.5 Å². The number of aromatic nitrogens is 3. The van der Waals surface area contributed by atoms with Gasteiger partial charge in [-0.1, -0.05) is 60.7 Å². The van der Waals surface area contributed by atoms with Crippen LogP contribution in [0.25, 0.3) is 33.5 Å². The van der Waals surface area contributed by atoms with E-state index in [2.05, 4.69) is 36.4 Å². The molecule has 0 amide bonds. The molecule has 0 aliphatic heterocycles. The average molecular weight is 525 g/mol. The van der Waals surface area contributed by atoms with Gasteiger partial charge in [0.1, 0.15) is 11.3 Å². The number of halogens is 1. The Kier molecular flexibility index (Phi) is 7.27. The van der Waals surface area contributed by atoms with Crippen LogP contribution in [0.3, 0.4) is 0 Å². The van der Waals surface area contributed by atoms with E-state index in [1.54, 1.807) is 0 Å². The summed E-state index contributed by atoms with van der Waals surface area (Å²) in [5, 5.41) is 11.3. The highest BCUT2D eigenvalue weighted by molar-refractivity contribution is 5.89. The zero-order valence-electron chi connectivity index (χ0n) is 20.9. The van der Waals surface area contributed by atoms with Crippen LogP contribution in [0.15, 0.2) is 97.3 Å². The van der Waals surface area contributed by atoms with Crippen molar-refractivity contribution in [2.75, 3.05) is 6.61 Å². The molecular weight excluding hydrogens is 496 g/mol. The van der Waals surface area contributed by atoms with Gasteiger partial charge in [0.2, 0.25) is 0 Å². The highest BCUT2D eigenvalue weighted by Crippen LogP contribution is 2.40. The maximum Gasteiger partial charge on any atom is 0.180 e. The van der Waals surface area contributed by atoms with Gasteiger partial charge in [-0.3, -0.25) is 0 Å². The van der Waals surface area contributed by atoms with E-state index >= 15 is 0 Å². The number of ether oxygens (including phenoxy) is 1. The van der Waals surface area contributed by atoms with Crippen LogP contribution < -0.4 is 15.2 Å². The fraction of sp³-hybridized carbons (Fsp3) is 0.194. The van der Waals surface area contributed by atoms with Crippen LogP contribution in [0.2, 0.25) is 0 Å². The van der Waals surface area contributed by atoms with Crippen molar-refractivity contribution in [3.63, 3.8) is 0 Å². The third-order valence-corrected chi connectivity index (χ3v) is 7.20. The molecule has 0 atom stereocenters. The molecule has 38 heavy (non-hydrogen) atoms. The molecule has 7 heteroatoms. The zero-order chi connectivity index (χ0) is 25.2. The summed E-state index contributed by atoms with van der Waals surface area (Å²) in [6, 6.07) is 28.1. The Morgan fingerprint density at radius 1 is 0.816 bits per heavy atom. The first-order valence-electron chi connectivity index (χ1n) is 12.7. The largest absolute Gasteiger partial charge is 0.619 e. The average Bonchev–Trinajstić information content (AvgIpc) is 2.93. The predicted molar refractivity (Wildman–Crippen MR) is 152 cm³/mol. The van der Waals surface area contributed by atoms with Gasteiger partial charge < -0.3 is 15.7 Å². The van der Waals surface area contributed by atoms with Crippen LogP contribution in [0.5, 0.6) is 5.75 Å². The molecule has 0 spiro atoms. The summed E-state index contributed by atoms with van der Waals surface area (Å²) in [6.45, 7) is 0.467. The van der Waals surface area contributed by atoms with E-state index in [0.717, 1.165) is 56.7 Å². The highest BCUT2D eigenvalue weighted by atomic mass is 35.5. The molecule has 0 unspecified atom stereocenters. The van der Waals surface area contributed by atoms with Crippen LogP contribution in [0.4, 0.5) is 0 Å². The first-order chi connectivity index (χ1) is 18.1. The molecule has 3 aromatic carbocycles. The van der Waals surface area contributed by atoms with E-state index in [-0.39, 0.29) is 17.9 Å². The number of nitrogens with zero attached hydrogens (tertiary/aromatic N) is 3. The van der Waals surface area contributed by atoms with Crippen LogP contribution in [0.1, 0.15) is 30.4 Å². The van der Waals surface area contributed by atoms with Crippen molar-refractivity contribution in [2.45, 2.75) is 31.2 Å². The molecule has 6 nitrogen and oxygen atoms in total. The number of hydrogen-bond acceptors (Lipinski definition) is 5. The van der Waals surface area contributed by atoms with E-state index in [4.69, 9.17) is 20.4 Å². The minimum absolute atomic E-state index is 0. The van der Waals surface area contributed by atoms with E-state index in [1.807, 2.05) is 48.5 Å². The normalized spacial score (nSPS) is 13.9. The number of nitrogens with two attached hydrogens (primary N) is 1. The van der Waals surface area contributed by atoms with Crippen LogP contribution in [-0.2, 0) is 12.0 Å². The zero-order valence-corrected chi connectivity index (χ0v) is 21.7. The number of rotatable bonds is 7. The predicted octanol–water partition coefficient (Wildman–Crippen LogP) is 5.98. The Morgan fingerprint density at radius 2 is 1.50 bits per heavy atom. The number of hydrogen-bond donors (Lipinski definition) is 1. The smallest absolute Gasteiger partial charge is 0.180 e. The van der Waals surface area contributed by atoms with Gasteiger partial charge in [0.15, 0.2) is 12.4 Å². The van der Waals surface area contributed by atoms with E-state index in [9.17, 15) is 5.21 Å². The first-order valence-corrected chi connectivity index (χ1v) is 12.7. The summed E-state index contributed by atoms with van der Waals surface area (Å²) in [7, 11) is 0. The van der Waals surface area contributed by atoms with Gasteiger partial charge in [0.25, 0.3) is 0 Å². The summed E-state index contributed by atoms with van der Waals surface area (Å²) in [5.74, 6) is 0.689. The molecule has 2 N–H and O–H groups in total. The Labute approximate surface area is 228 Å². The minimum atomic E-state index is -0.196. The molecule has 1 aliphatic carbocycles. The first kappa shape index (κ1) is 25.6. The van der Waals surface area contributed by atoms with Crippen LogP contribution in [0, 0.1) is 5.21 Å². The van der Waals surface area contributed by atoms with Gasteiger partial charge in [0.05, 0.1) is 23.5 Å². The Hall–Kier alpha value is -4.00. The fourth-order valence-corrected chi connectivity index (χ4v) is 4.86. The molecule has 0 radical (unpaired) electrons. The van der Waals surface area contributed by atoms with Gasteiger partial charge in [-0.25, -0.2) is 9.97 Å². The number of fused-ring (bicyclic) bond motifs is 1. The summed E-state index contributed by atoms with van der Waals surface area (Å²) in [4.78, 5) is 10.2. The summed E-state index contributed by atoms with van der Waals surface area (Å²) in [5.41, 5.74) is 13.7. The number of para-hydroxylation sites is 1. The SMILES string of the molecule is Cl.NC1(c2ccc(-c3nc4cccc(OCCc5cc[n+]([O-])cc5)c4nc3-c3ccccc3)cc2)CCC1. The lowest BCUT2D eigenvalue weighted by atomic mass is 9.72. The topological polar surface area (TPSA) is 88.0 Å². The summed E-state index contributed by atoms with van der Waals surface area (Å²) >= 11 is 0. The van der Waals surface area contributed by atoms with Gasteiger partial charge in [0, 0.05) is 35.2 Å². The molecule has 2 heterocycles. The van der Waals surface area contributed by atoms with E-state index < -0.39 is 0 Å². The lowest BCUT2D eigenvalue weighted by Crippen LogP contribution is -2.43. The summed E-state index contributed by atoms with van der Waals surface area (Å²) in [6.07, 6.45) is 6.93. The van der Waals surface area contributed by atoms with Crippen LogP contribution >= 0.6 is 12.4 Å². The van der Waals surface area contributed by atoms with E-state index in [1.165, 1.54) is 24.4 Å². The number of pyridine rings is 1. The fourth-order valence-electron chi connectivity index (χ4n) is 4.86. The second kappa shape index (κ2) is 10.8. The lowest BCUT2D eigenvalue weighted by molar-refractivity contribution is -0.605. The second-order valence-electron chi connectivity index (χ2n) is 9.66. The Bertz CT molecular complexity index is 1540. The van der Waals surface area contributed by atoms with Crippen molar-refractivity contribution in [3.8, 4) is 28.3 Å². The van der Waals surface area contributed by atoms with Crippen molar-refractivity contribution in [3.05, 3.63) is 114 Å². The third-order valence-electron chi connectivity index (χ3n) is 7.20. The molecule has 0 saturated heterocycles. The molecule has 1 fully saturated rings. The minimum Gasteiger partial charge on any atom is -0.619 e. The van der Waals surface area contributed by atoms with Crippen molar-refractivity contribution in [1.29, 1.82) is 0 Å². The molecule has 1 aliphatic rings. The van der Waals surface area contributed by atoms with Crippen molar-refractivity contribution < 1.29 is 9.47 Å². The summed E-state index contributed by atoms with van der Waals surface area (Å²) < 4.78 is 6.94. The molecule has 192 valence electrons. The lowest BCUT2D eigenvalue weighted by Gasteiger charge is -2.38. The van der Waals surface area contributed by atoms with Crippen LogP contribution in [-0.4, -0.2) is 16.6 Å². The molecule has 1 saturated carbocycles. The molecule has 6 rings (SSSR count). The van der Waals surface area contributed by atoms with Crippen molar-refractivity contribution in [1.82, 2.24) is 9.97 Å². The standard InChI is InChI=1S/C31H28N4O2.ClH/c32-31(17-5-18-31)25-12-10-24(11-13-25)28-29(23-6-2-1-3-7-23)34-30-26(33-28)8-4-9-27(30)37-21-16-22-14-19-35(36)20-15-22;/h1-4,6-15,19-20H,5,16-18,21,32H2;1H. The van der Waals surface area contributed by atoms with E-state index in [0.29, 0.717) is 18.8 Å². The van der Waals surface area contributed by atoms with Crippen molar-refractivity contribution in [2.24, 2.45) is 5.73 Å². The van der Waals surface area contributed by atoms with Crippen molar-refractivity contribution >= 4 is 23.4 Å². The highest BCUT2D eigenvalue weighted by Gasteiger charge is 2.34. The van der Waals surface area contributed by atoms with Gasteiger partial charge in [-0.2, -0.15) is 4.73 Å². The molecule has 2 aromatic heterocycles. The van der Waals surface area contributed by atoms with Gasteiger partial charge >= 0.3 is 0 Å². The maximum absolute atomic E-state index is 11.3. The molecule has 5 aromatic rings. The quantitative estimate of drug-likeness (QED) is 0.209. The third kappa shape index (κ3) is 5.05. The second-order valence-corrected chi connectivity index (χ2v) is 9.66. The number of benzene rings is 3. The Morgan fingerprint density at radius 3 is 2.18 bits per heavy atom. The maximum atomic E-state index is 11.3. The molecule has 0 bridgehead atoms.